The predicted octanol–water partition coefficient (Wildman–Crippen LogP) is 2.54. The summed E-state index contributed by atoms with van der Waals surface area (Å²) in [7, 11) is -11.8. The second-order valence-electron chi connectivity index (χ2n) is 7.28. The van der Waals surface area contributed by atoms with Crippen molar-refractivity contribution in [3.8, 4) is 0 Å². The zero-order valence-corrected chi connectivity index (χ0v) is 20.5. The van der Waals surface area contributed by atoms with E-state index in [1.165, 1.54) is 37.3 Å². The van der Waals surface area contributed by atoms with Crippen LogP contribution in [0.1, 0.15) is 18.2 Å². The number of sulfonamides is 1. The quantitative estimate of drug-likeness (QED) is 0.470. The molecule has 11 heteroatoms. The molecule has 0 fully saturated rings. The van der Waals surface area contributed by atoms with E-state index in [2.05, 4.69) is 9.71 Å². The van der Waals surface area contributed by atoms with Gasteiger partial charge in [-0.1, -0.05) is 25.1 Å². The largest absolute Gasteiger partial charge is 0.261 e. The summed E-state index contributed by atoms with van der Waals surface area (Å²) in [6, 6.07) is 14.2. The molecule has 0 radical (unpaired) electrons. The van der Waals surface area contributed by atoms with Crippen LogP contribution in [0.25, 0.3) is 0 Å². The molecular weight excluding hydrogens is 484 g/mol. The summed E-state index contributed by atoms with van der Waals surface area (Å²) >= 11 is 0. The van der Waals surface area contributed by atoms with Crippen LogP contribution in [0.3, 0.4) is 0 Å². The molecule has 0 atom stereocenters. The van der Waals surface area contributed by atoms with Gasteiger partial charge in [0.05, 0.1) is 25.3 Å². The van der Waals surface area contributed by atoms with Gasteiger partial charge >= 0.3 is 0 Å². The number of hydrogen-bond acceptors (Lipinski definition) is 7. The van der Waals surface area contributed by atoms with Gasteiger partial charge in [-0.25, -0.2) is 30.0 Å². The first-order chi connectivity index (χ1) is 15.5. The lowest BCUT2D eigenvalue weighted by Gasteiger charge is -2.12. The lowest BCUT2D eigenvalue weighted by Crippen LogP contribution is -2.27. The van der Waals surface area contributed by atoms with Crippen LogP contribution in [-0.2, 0) is 36.1 Å². The Balaban J connectivity index is 1.92. The molecule has 1 aromatic heterocycles. The summed E-state index contributed by atoms with van der Waals surface area (Å²) in [4.78, 5) is 3.39. The number of rotatable bonds is 9. The van der Waals surface area contributed by atoms with Gasteiger partial charge in [0.2, 0.25) is 19.9 Å². The van der Waals surface area contributed by atoms with Crippen LogP contribution in [-0.4, -0.2) is 42.5 Å². The molecule has 176 valence electrons. The fourth-order valence-electron chi connectivity index (χ4n) is 3.11. The molecule has 0 amide bonds. The van der Waals surface area contributed by atoms with Crippen molar-refractivity contribution in [2.45, 2.75) is 39.9 Å². The van der Waals surface area contributed by atoms with Crippen LogP contribution in [0.5, 0.6) is 0 Å². The van der Waals surface area contributed by atoms with Gasteiger partial charge in [0, 0.05) is 24.9 Å². The second kappa shape index (κ2) is 9.72. The topological polar surface area (TPSA) is 127 Å². The average Bonchev–Trinajstić information content (AvgIpc) is 2.79. The highest BCUT2D eigenvalue weighted by Crippen LogP contribution is 2.27. The van der Waals surface area contributed by atoms with Crippen molar-refractivity contribution < 1.29 is 25.3 Å². The number of pyridine rings is 1. The van der Waals surface area contributed by atoms with Crippen LogP contribution in [0.4, 0.5) is 0 Å². The van der Waals surface area contributed by atoms with E-state index in [-0.39, 0.29) is 31.9 Å². The van der Waals surface area contributed by atoms with E-state index in [4.69, 9.17) is 0 Å². The normalized spacial score (nSPS) is 12.5. The van der Waals surface area contributed by atoms with Gasteiger partial charge in [-0.05, 0) is 55.0 Å². The summed E-state index contributed by atoms with van der Waals surface area (Å²) < 4.78 is 78.9. The molecule has 3 rings (SSSR count). The van der Waals surface area contributed by atoms with Crippen LogP contribution in [0.2, 0.25) is 0 Å². The Kier molecular flexibility index (Phi) is 7.37. The Bertz CT molecular complexity index is 1470. The van der Waals surface area contributed by atoms with E-state index >= 15 is 0 Å². The van der Waals surface area contributed by atoms with E-state index < -0.39 is 29.7 Å². The minimum Gasteiger partial charge on any atom is -0.261 e. The highest BCUT2D eigenvalue weighted by Gasteiger charge is 2.24. The summed E-state index contributed by atoms with van der Waals surface area (Å²) in [5.74, 6) is -0.173. The van der Waals surface area contributed by atoms with Crippen molar-refractivity contribution >= 4 is 29.7 Å². The van der Waals surface area contributed by atoms with Gasteiger partial charge in [-0.15, -0.1) is 0 Å². The van der Waals surface area contributed by atoms with E-state index in [1.807, 2.05) is 0 Å². The highest BCUT2D eigenvalue weighted by atomic mass is 32.2. The first-order valence-corrected chi connectivity index (χ1v) is 14.7. The molecule has 3 aromatic rings. The third-order valence-electron chi connectivity index (χ3n) is 5.01. The van der Waals surface area contributed by atoms with Crippen LogP contribution in [0.15, 0.2) is 86.4 Å². The fourth-order valence-corrected chi connectivity index (χ4v) is 6.82. The molecule has 0 aliphatic rings. The minimum atomic E-state index is -4.16. The molecule has 33 heavy (non-hydrogen) atoms. The van der Waals surface area contributed by atoms with E-state index in [0.717, 1.165) is 17.8 Å². The third-order valence-corrected chi connectivity index (χ3v) is 10.1. The molecule has 0 aliphatic heterocycles. The van der Waals surface area contributed by atoms with Gasteiger partial charge in [-0.3, -0.25) is 4.98 Å². The summed E-state index contributed by atoms with van der Waals surface area (Å²) in [5.41, 5.74) is 1.09. The number of nitrogens with one attached hydrogen (secondary N) is 1. The first-order valence-electron chi connectivity index (χ1n) is 10.1. The van der Waals surface area contributed by atoms with Crippen LogP contribution >= 0.6 is 0 Å². The van der Waals surface area contributed by atoms with E-state index in [1.54, 1.807) is 31.3 Å². The maximum absolute atomic E-state index is 13.2. The number of benzene rings is 2. The Hall–Kier alpha value is -2.60. The van der Waals surface area contributed by atoms with Crippen molar-refractivity contribution in [1.82, 2.24) is 9.71 Å². The minimum absolute atomic E-state index is 0.0900. The lowest BCUT2D eigenvalue weighted by molar-refractivity contribution is 0.580. The maximum atomic E-state index is 13.2. The van der Waals surface area contributed by atoms with Gasteiger partial charge in [-0.2, -0.15) is 0 Å². The molecule has 0 saturated heterocycles. The van der Waals surface area contributed by atoms with Crippen molar-refractivity contribution in [1.29, 1.82) is 0 Å². The molecule has 1 N–H and O–H groups in total. The molecule has 1 heterocycles. The Morgan fingerprint density at radius 2 is 1.52 bits per heavy atom. The number of aromatic nitrogens is 1. The molecular formula is C22H24N2O6S3. The Labute approximate surface area is 194 Å². The number of aryl methyl sites for hydroxylation is 1. The molecule has 8 nitrogen and oxygen atoms in total. The van der Waals surface area contributed by atoms with Crippen molar-refractivity contribution in [3.63, 3.8) is 0 Å². The van der Waals surface area contributed by atoms with Crippen LogP contribution in [0, 0.1) is 6.92 Å². The first kappa shape index (κ1) is 25.0. The molecule has 0 unspecified atom stereocenters. The third kappa shape index (κ3) is 5.67. The zero-order valence-electron chi connectivity index (χ0n) is 18.1. The Morgan fingerprint density at radius 3 is 2.18 bits per heavy atom. The van der Waals surface area contributed by atoms with Gasteiger partial charge < -0.3 is 0 Å². The molecule has 0 spiro atoms. The summed E-state index contributed by atoms with van der Waals surface area (Å²) in [6.45, 7) is 3.12. The number of hydrogen-bond donors (Lipinski definition) is 1. The number of nitrogens with zero attached hydrogens (tertiary/aromatic N) is 1. The molecule has 0 bridgehead atoms. The smallest absolute Gasteiger partial charge is 0.240 e. The van der Waals surface area contributed by atoms with Crippen molar-refractivity contribution in [2.24, 2.45) is 0 Å². The maximum Gasteiger partial charge on any atom is 0.240 e. The lowest BCUT2D eigenvalue weighted by atomic mass is 10.2. The van der Waals surface area contributed by atoms with E-state index in [9.17, 15) is 25.3 Å². The van der Waals surface area contributed by atoms with Crippen LogP contribution < -0.4 is 4.72 Å². The predicted molar refractivity (Wildman–Crippen MR) is 124 cm³/mol. The van der Waals surface area contributed by atoms with Gasteiger partial charge in [0.1, 0.15) is 0 Å². The summed E-state index contributed by atoms with van der Waals surface area (Å²) in [6.07, 6.45) is 1.98. The number of sulfone groups is 2. The van der Waals surface area contributed by atoms with Gasteiger partial charge in [0.25, 0.3) is 0 Å². The highest BCUT2D eigenvalue weighted by molar-refractivity contribution is 7.92. The SMILES string of the molecule is CCS(=O)(=O)c1cccc(S(=O)(=O)c2ccc(C)c(S(=O)(=O)NCCc3ccccn3)c2)c1. The standard InChI is InChI=1S/C22H24N2O6S3/c1-3-31(25,26)19-8-6-9-20(15-19)32(27,28)21-11-10-17(2)22(16-21)33(29,30)24-14-12-18-7-4-5-13-23-18/h4-11,13,15-16,24H,3,12,14H2,1-2H3. The average molecular weight is 509 g/mol. The van der Waals surface area contributed by atoms with Gasteiger partial charge in [0.15, 0.2) is 9.84 Å². The fraction of sp³-hybridized carbons (Fsp3) is 0.227. The molecule has 0 aliphatic carbocycles. The summed E-state index contributed by atoms with van der Waals surface area (Å²) in [5, 5.41) is 0. The van der Waals surface area contributed by atoms with Crippen molar-refractivity contribution in [2.75, 3.05) is 12.3 Å². The van der Waals surface area contributed by atoms with Crippen molar-refractivity contribution in [3.05, 3.63) is 78.1 Å². The molecule has 2 aromatic carbocycles. The second-order valence-corrected chi connectivity index (χ2v) is 13.2. The Morgan fingerprint density at radius 1 is 0.818 bits per heavy atom. The monoisotopic (exact) mass is 508 g/mol. The zero-order chi connectivity index (χ0) is 24.3. The molecule has 0 saturated carbocycles. The van der Waals surface area contributed by atoms with E-state index in [0.29, 0.717) is 12.0 Å².